The summed E-state index contributed by atoms with van der Waals surface area (Å²) in [6.45, 7) is 5.60. The van der Waals surface area contributed by atoms with Crippen molar-refractivity contribution < 1.29 is 9.59 Å². The maximum Gasteiger partial charge on any atom is 0.224 e. The van der Waals surface area contributed by atoms with Crippen LogP contribution < -0.4 is 10.2 Å². The Bertz CT molecular complexity index is 1280. The van der Waals surface area contributed by atoms with E-state index >= 15 is 0 Å². The van der Waals surface area contributed by atoms with Gasteiger partial charge in [-0.25, -0.2) is 9.97 Å². The third kappa shape index (κ3) is 4.86. The predicted molar refractivity (Wildman–Crippen MR) is 133 cm³/mol. The molecule has 0 saturated heterocycles. The first kappa shape index (κ1) is 23.9. The van der Waals surface area contributed by atoms with Crippen LogP contribution in [0.15, 0.2) is 45.6 Å². The number of carbonyl (C=O) groups excluding carboxylic acids is 2. The van der Waals surface area contributed by atoms with Crippen LogP contribution in [-0.2, 0) is 22.4 Å². The molecule has 0 radical (unpaired) electrons. The summed E-state index contributed by atoms with van der Waals surface area (Å²) < 4.78 is 5.70. The van der Waals surface area contributed by atoms with Crippen molar-refractivity contribution in [2.24, 2.45) is 0 Å². The van der Waals surface area contributed by atoms with Gasteiger partial charge in [0.15, 0.2) is 0 Å². The first-order chi connectivity index (χ1) is 15.3. The minimum Gasteiger partial charge on any atom is -0.313 e. The lowest BCUT2D eigenvalue weighted by atomic mass is 10.3. The monoisotopic (exact) mass is 562 g/mol. The van der Waals surface area contributed by atoms with Crippen molar-refractivity contribution in [1.82, 2.24) is 18.8 Å². The highest BCUT2D eigenvalue weighted by atomic mass is 79.9. The number of carbonyl (C=O) groups is 2. The minimum absolute atomic E-state index is 0.00137. The van der Waals surface area contributed by atoms with E-state index in [1.54, 1.807) is 18.9 Å². The Hall–Kier alpha value is -2.72. The zero-order valence-corrected chi connectivity index (χ0v) is 21.4. The molecule has 4 aromatic heterocycles. The quantitative estimate of drug-likeness (QED) is 0.351. The van der Waals surface area contributed by atoms with Crippen LogP contribution in [0, 0.1) is 0 Å². The molecular weight excluding hydrogens is 540 g/mol. The van der Waals surface area contributed by atoms with Crippen LogP contribution >= 0.6 is 31.9 Å². The van der Waals surface area contributed by atoms with E-state index in [1.807, 2.05) is 59.3 Å². The molecule has 4 aromatic rings. The summed E-state index contributed by atoms with van der Waals surface area (Å²) in [4.78, 5) is 32.6. The molecule has 0 saturated carbocycles. The fourth-order valence-electron chi connectivity index (χ4n) is 3.32. The molecule has 10 heteroatoms. The first-order valence-electron chi connectivity index (χ1n) is 10.1. The van der Waals surface area contributed by atoms with E-state index in [0.29, 0.717) is 6.41 Å². The zero-order chi connectivity index (χ0) is 23.4. The number of hydrogen-bond acceptors (Lipinski definition) is 4. The van der Waals surface area contributed by atoms with E-state index in [2.05, 4.69) is 47.1 Å². The van der Waals surface area contributed by atoms with Crippen molar-refractivity contribution in [3.05, 3.63) is 57.0 Å². The largest absolute Gasteiger partial charge is 0.313 e. The summed E-state index contributed by atoms with van der Waals surface area (Å²) in [5.74, 6) is 1.58. The highest BCUT2D eigenvalue weighted by Crippen LogP contribution is 2.24. The van der Waals surface area contributed by atoms with Gasteiger partial charge in [0.2, 0.25) is 12.3 Å². The molecule has 0 aliphatic heterocycles. The first-order valence-corrected chi connectivity index (χ1v) is 11.7. The molecule has 0 aliphatic rings. The summed E-state index contributed by atoms with van der Waals surface area (Å²) >= 11 is 6.82. The Morgan fingerprint density at radius 3 is 2.06 bits per heavy atom. The van der Waals surface area contributed by atoms with Gasteiger partial charge in [-0.15, -0.1) is 0 Å². The van der Waals surface area contributed by atoms with E-state index in [-0.39, 0.29) is 5.91 Å². The molecule has 0 bridgehead atoms. The predicted octanol–water partition coefficient (Wildman–Crippen LogP) is 4.87. The Morgan fingerprint density at radius 2 is 1.53 bits per heavy atom. The van der Waals surface area contributed by atoms with E-state index in [9.17, 15) is 9.59 Å². The number of halogens is 2. The van der Waals surface area contributed by atoms with Crippen LogP contribution in [0.1, 0.15) is 32.2 Å². The fraction of sp³-hybridized carbons (Fsp3) is 0.273. The summed E-state index contributed by atoms with van der Waals surface area (Å²) in [6, 6.07) is 7.70. The third-order valence-electron chi connectivity index (χ3n) is 4.94. The number of aromatic nitrogens is 4. The average Bonchev–Trinajstić information content (AvgIpc) is 3.31. The number of amides is 2. The Morgan fingerprint density at radius 1 is 1.00 bits per heavy atom. The molecule has 8 nitrogen and oxygen atoms in total. The van der Waals surface area contributed by atoms with Crippen molar-refractivity contribution in [3.8, 4) is 0 Å². The molecule has 4 rings (SSSR count). The number of aryl methyl sites for hydroxylation is 2. The number of anilines is 2. The highest BCUT2D eigenvalue weighted by molar-refractivity contribution is 9.10. The second kappa shape index (κ2) is 10.3. The maximum absolute atomic E-state index is 11.5. The van der Waals surface area contributed by atoms with E-state index in [4.69, 9.17) is 0 Å². The molecule has 1 N–H and O–H groups in total. The number of pyridine rings is 2. The topological polar surface area (TPSA) is 84.0 Å². The van der Waals surface area contributed by atoms with Gasteiger partial charge < -0.3 is 5.32 Å². The second-order valence-electron chi connectivity index (χ2n) is 6.99. The van der Waals surface area contributed by atoms with Gasteiger partial charge >= 0.3 is 0 Å². The van der Waals surface area contributed by atoms with Crippen LogP contribution in [-0.4, -0.2) is 38.1 Å². The lowest BCUT2D eigenvalue weighted by Crippen LogP contribution is -2.25. The van der Waals surface area contributed by atoms with Crippen LogP contribution in [0.4, 0.5) is 11.6 Å². The summed E-state index contributed by atoms with van der Waals surface area (Å²) in [5.41, 5.74) is 3.51. The SMILES string of the molecule is CCc1nc2ccc(Br)cn2c1N(C)C(C)=O.CCc1nc2ccc(Br)cn2c1NC=O. The van der Waals surface area contributed by atoms with Gasteiger partial charge in [0, 0.05) is 35.3 Å². The molecule has 0 aliphatic carbocycles. The standard InChI is InChI=1S/C12H14BrN3O.C10H10BrN3O/c1-4-10-12(15(3)8(2)17)16-7-9(13)5-6-11(16)14-10;1-2-8-10(12-6-15)14-5-7(11)3-4-9(14)13-8/h5-7H,4H2,1-3H3;3-6H,2H2,1H3,(H,12,15). The van der Waals surface area contributed by atoms with Gasteiger partial charge in [-0.3, -0.25) is 23.3 Å². The van der Waals surface area contributed by atoms with Gasteiger partial charge in [-0.2, -0.15) is 0 Å². The van der Waals surface area contributed by atoms with E-state index in [0.717, 1.165) is 56.1 Å². The second-order valence-corrected chi connectivity index (χ2v) is 8.82. The van der Waals surface area contributed by atoms with Crippen LogP contribution in [0.5, 0.6) is 0 Å². The molecule has 0 atom stereocenters. The number of fused-ring (bicyclic) bond motifs is 2. The number of rotatable bonds is 5. The zero-order valence-electron chi connectivity index (χ0n) is 18.3. The van der Waals surface area contributed by atoms with Crippen molar-refractivity contribution in [1.29, 1.82) is 0 Å². The number of hydrogen-bond donors (Lipinski definition) is 1. The van der Waals surface area contributed by atoms with Gasteiger partial charge in [-0.1, -0.05) is 13.8 Å². The van der Waals surface area contributed by atoms with Gasteiger partial charge in [0.25, 0.3) is 0 Å². The summed E-state index contributed by atoms with van der Waals surface area (Å²) in [6.07, 6.45) is 6.06. The van der Waals surface area contributed by atoms with Crippen molar-refractivity contribution in [3.63, 3.8) is 0 Å². The number of nitrogens with one attached hydrogen (secondary N) is 1. The number of imidazole rings is 2. The highest BCUT2D eigenvalue weighted by Gasteiger charge is 2.17. The molecule has 2 amide bonds. The van der Waals surface area contributed by atoms with Crippen LogP contribution in [0.3, 0.4) is 0 Å². The van der Waals surface area contributed by atoms with Crippen LogP contribution in [0.25, 0.3) is 11.3 Å². The van der Waals surface area contributed by atoms with E-state index < -0.39 is 0 Å². The molecule has 0 spiro atoms. The lowest BCUT2D eigenvalue weighted by molar-refractivity contribution is -0.116. The Labute approximate surface area is 202 Å². The minimum atomic E-state index is 0.00137. The number of nitrogens with zero attached hydrogens (tertiary/aromatic N) is 5. The van der Waals surface area contributed by atoms with Crippen molar-refractivity contribution in [2.75, 3.05) is 17.3 Å². The fourth-order valence-corrected chi connectivity index (χ4v) is 3.99. The van der Waals surface area contributed by atoms with Gasteiger partial charge in [0.05, 0.1) is 11.4 Å². The van der Waals surface area contributed by atoms with Gasteiger partial charge in [-0.05, 0) is 69.0 Å². The maximum atomic E-state index is 11.5. The lowest BCUT2D eigenvalue weighted by Gasteiger charge is -2.15. The molecule has 0 unspecified atom stereocenters. The Kier molecular flexibility index (Phi) is 7.68. The summed E-state index contributed by atoms with van der Waals surface area (Å²) in [7, 11) is 1.77. The Balaban J connectivity index is 0.000000182. The van der Waals surface area contributed by atoms with E-state index in [1.165, 1.54) is 0 Å². The molecule has 168 valence electrons. The average molecular weight is 564 g/mol. The molecule has 0 fully saturated rings. The molecule has 4 heterocycles. The molecule has 32 heavy (non-hydrogen) atoms. The van der Waals surface area contributed by atoms with Crippen molar-refractivity contribution >= 4 is 67.1 Å². The van der Waals surface area contributed by atoms with Crippen molar-refractivity contribution in [2.45, 2.75) is 33.6 Å². The molecule has 0 aromatic carbocycles. The smallest absolute Gasteiger partial charge is 0.224 e. The van der Waals surface area contributed by atoms with Gasteiger partial charge in [0.1, 0.15) is 22.9 Å². The third-order valence-corrected chi connectivity index (χ3v) is 5.87. The van der Waals surface area contributed by atoms with Crippen LogP contribution in [0.2, 0.25) is 0 Å². The normalized spacial score (nSPS) is 10.7. The summed E-state index contributed by atoms with van der Waals surface area (Å²) in [5, 5.41) is 2.68. The molecular formula is C22H24Br2N6O2.